The van der Waals surface area contributed by atoms with Gasteiger partial charge in [0.05, 0.1) is 0 Å². The lowest BCUT2D eigenvalue weighted by Gasteiger charge is -2.20. The Kier molecular flexibility index (Phi) is 9.21. The zero-order valence-electron chi connectivity index (χ0n) is 23.3. The van der Waals surface area contributed by atoms with E-state index in [1.54, 1.807) is 13.8 Å². The molecule has 0 spiro atoms. The lowest BCUT2D eigenvalue weighted by molar-refractivity contribution is -0.122. The molecule has 2 unspecified atom stereocenters. The molecule has 0 aromatic heterocycles. The van der Waals surface area contributed by atoms with Gasteiger partial charge in [-0.2, -0.15) is 0 Å². The molecule has 4 aromatic carbocycles. The average Bonchev–Trinajstić information content (AvgIpc) is 2.88. The maximum atomic E-state index is 13.1. The van der Waals surface area contributed by atoms with Crippen LogP contribution in [0.2, 0.25) is 0 Å². The van der Waals surface area contributed by atoms with Crippen LogP contribution in [0.5, 0.6) is 11.5 Å². The fraction of sp³-hybridized carbons (Fsp3) is 0.250. The van der Waals surface area contributed by atoms with Gasteiger partial charge in [0.25, 0.3) is 11.8 Å². The minimum atomic E-state index is -0.722. The molecule has 208 valence electrons. The van der Waals surface area contributed by atoms with E-state index in [9.17, 15) is 9.59 Å². The Morgan fingerprint density at radius 2 is 0.950 bits per heavy atom. The normalized spacial score (nSPS) is 12.5. The van der Waals surface area contributed by atoms with Gasteiger partial charge in [-0.15, -0.1) is 0 Å². The fourth-order valence-corrected chi connectivity index (χ4v) is 6.00. The van der Waals surface area contributed by atoms with Gasteiger partial charge in [-0.1, -0.05) is 56.1 Å². The minimum absolute atomic E-state index is 0.272. The summed E-state index contributed by atoms with van der Waals surface area (Å²) in [5.41, 5.74) is 5.04. The lowest BCUT2D eigenvalue weighted by Crippen LogP contribution is -2.31. The van der Waals surface area contributed by atoms with Crippen molar-refractivity contribution in [3.63, 3.8) is 0 Å². The van der Waals surface area contributed by atoms with Gasteiger partial charge >= 0.3 is 0 Å². The highest BCUT2D eigenvalue weighted by Crippen LogP contribution is 2.32. The zero-order valence-corrected chi connectivity index (χ0v) is 26.5. The van der Waals surface area contributed by atoms with Gasteiger partial charge in [-0.05, 0) is 100 Å². The number of amides is 2. The van der Waals surface area contributed by atoms with Crippen LogP contribution in [-0.4, -0.2) is 24.0 Å². The van der Waals surface area contributed by atoms with Crippen LogP contribution in [0, 0.1) is 27.7 Å². The van der Waals surface area contributed by atoms with Crippen LogP contribution in [0.1, 0.15) is 36.1 Å². The molecule has 2 atom stereocenters. The lowest BCUT2D eigenvalue weighted by atomic mass is 10.1. The van der Waals surface area contributed by atoms with E-state index in [-0.39, 0.29) is 11.8 Å². The highest BCUT2D eigenvalue weighted by molar-refractivity contribution is 9.10. The van der Waals surface area contributed by atoms with Gasteiger partial charge in [-0.25, -0.2) is 0 Å². The molecule has 0 aliphatic carbocycles. The molecule has 2 amide bonds. The Morgan fingerprint density at radius 3 is 1.27 bits per heavy atom. The number of ether oxygens (including phenoxy) is 2. The smallest absolute Gasteiger partial charge is 0.265 e. The molecule has 0 saturated heterocycles. The largest absolute Gasteiger partial charge is 0.480 e. The summed E-state index contributed by atoms with van der Waals surface area (Å²) in [4.78, 5) is 26.2. The molecular weight excluding hydrogens is 636 g/mol. The van der Waals surface area contributed by atoms with E-state index in [1.165, 1.54) is 0 Å². The Balaban J connectivity index is 1.50. The average molecular weight is 668 g/mol. The summed E-state index contributed by atoms with van der Waals surface area (Å²) < 4.78 is 14.0. The first-order valence-electron chi connectivity index (χ1n) is 12.9. The number of carbonyl (C=O) groups is 2. The molecule has 40 heavy (non-hydrogen) atoms. The van der Waals surface area contributed by atoms with Gasteiger partial charge in [0, 0.05) is 31.1 Å². The molecule has 8 heteroatoms. The van der Waals surface area contributed by atoms with E-state index < -0.39 is 12.2 Å². The Hall–Kier alpha value is -3.36. The van der Waals surface area contributed by atoms with E-state index in [0.717, 1.165) is 42.0 Å². The second kappa shape index (κ2) is 12.4. The molecule has 4 aromatic rings. The SMILES string of the molecule is Cc1cc(Br)cc(C)c1OC(C)C(=O)Nc1cccc2c(NC(=O)C(C)Oc3c(C)cc(Br)cc3C)cccc12. The van der Waals surface area contributed by atoms with Gasteiger partial charge in [0.2, 0.25) is 0 Å². The quantitative estimate of drug-likeness (QED) is 0.198. The first-order valence-corrected chi connectivity index (χ1v) is 14.5. The topological polar surface area (TPSA) is 76.7 Å². The molecule has 0 heterocycles. The van der Waals surface area contributed by atoms with Crippen LogP contribution in [0.3, 0.4) is 0 Å². The zero-order chi connectivity index (χ0) is 29.1. The number of anilines is 2. The summed E-state index contributed by atoms with van der Waals surface area (Å²) in [5.74, 6) is 0.842. The number of halogens is 2. The number of aryl methyl sites for hydroxylation is 4. The minimum Gasteiger partial charge on any atom is -0.480 e. The summed E-state index contributed by atoms with van der Waals surface area (Å²) in [5, 5.41) is 7.58. The van der Waals surface area contributed by atoms with Crippen LogP contribution < -0.4 is 20.1 Å². The van der Waals surface area contributed by atoms with Crippen LogP contribution in [0.4, 0.5) is 11.4 Å². The molecule has 0 bridgehead atoms. The third kappa shape index (κ3) is 6.67. The van der Waals surface area contributed by atoms with Crippen molar-refractivity contribution in [1.82, 2.24) is 0 Å². The van der Waals surface area contributed by atoms with Crippen molar-refractivity contribution in [1.29, 1.82) is 0 Å². The molecule has 4 rings (SSSR count). The first kappa shape index (κ1) is 29.6. The van der Waals surface area contributed by atoms with E-state index in [0.29, 0.717) is 22.9 Å². The molecule has 2 N–H and O–H groups in total. The predicted octanol–water partition coefficient (Wildman–Crippen LogP) is 8.41. The van der Waals surface area contributed by atoms with Crippen LogP contribution in [0.15, 0.2) is 69.6 Å². The maximum absolute atomic E-state index is 13.1. The van der Waals surface area contributed by atoms with Gasteiger partial charge in [-0.3, -0.25) is 9.59 Å². The van der Waals surface area contributed by atoms with Crippen LogP contribution in [0.25, 0.3) is 10.8 Å². The number of carbonyl (C=O) groups excluding carboxylic acids is 2. The molecule has 0 saturated carbocycles. The Labute approximate surface area is 251 Å². The number of fused-ring (bicyclic) bond motifs is 1. The highest BCUT2D eigenvalue weighted by atomic mass is 79.9. The van der Waals surface area contributed by atoms with Crippen LogP contribution >= 0.6 is 31.9 Å². The second-order valence-corrected chi connectivity index (χ2v) is 11.8. The van der Waals surface area contributed by atoms with Crippen molar-refractivity contribution in [2.75, 3.05) is 10.6 Å². The first-order chi connectivity index (χ1) is 18.9. The van der Waals surface area contributed by atoms with E-state index in [1.807, 2.05) is 88.4 Å². The van der Waals surface area contributed by atoms with Crippen molar-refractivity contribution < 1.29 is 19.1 Å². The molecular formula is C32H32Br2N2O4. The van der Waals surface area contributed by atoms with Crippen molar-refractivity contribution in [3.05, 3.63) is 91.9 Å². The van der Waals surface area contributed by atoms with Crippen molar-refractivity contribution in [2.24, 2.45) is 0 Å². The number of rotatable bonds is 8. The van der Waals surface area contributed by atoms with Crippen molar-refractivity contribution in [2.45, 2.75) is 53.8 Å². The second-order valence-electron chi connectivity index (χ2n) is 9.94. The maximum Gasteiger partial charge on any atom is 0.265 e. The third-order valence-electron chi connectivity index (χ3n) is 6.62. The molecule has 0 aliphatic rings. The molecule has 6 nitrogen and oxygen atoms in total. The number of nitrogens with one attached hydrogen (secondary N) is 2. The van der Waals surface area contributed by atoms with Crippen molar-refractivity contribution >= 4 is 65.8 Å². The summed E-state index contributed by atoms with van der Waals surface area (Å²) in [6.07, 6.45) is -1.44. The van der Waals surface area contributed by atoms with Gasteiger partial charge < -0.3 is 20.1 Å². The molecule has 0 radical (unpaired) electrons. The summed E-state index contributed by atoms with van der Waals surface area (Å²) in [6.45, 7) is 11.3. The van der Waals surface area contributed by atoms with E-state index in [4.69, 9.17) is 9.47 Å². The number of hydrogen-bond donors (Lipinski definition) is 2. The number of benzene rings is 4. The van der Waals surface area contributed by atoms with Gasteiger partial charge in [0.1, 0.15) is 11.5 Å². The summed E-state index contributed by atoms with van der Waals surface area (Å²) >= 11 is 6.98. The highest BCUT2D eigenvalue weighted by Gasteiger charge is 2.21. The molecule has 0 aliphatic heterocycles. The van der Waals surface area contributed by atoms with E-state index >= 15 is 0 Å². The Bertz CT molecular complexity index is 1440. The van der Waals surface area contributed by atoms with E-state index in [2.05, 4.69) is 42.5 Å². The van der Waals surface area contributed by atoms with Gasteiger partial charge in [0.15, 0.2) is 12.2 Å². The summed E-state index contributed by atoms with van der Waals surface area (Å²) in [6, 6.07) is 19.0. The molecule has 0 fully saturated rings. The fourth-order valence-electron chi connectivity index (χ4n) is 4.62. The monoisotopic (exact) mass is 666 g/mol. The van der Waals surface area contributed by atoms with Crippen molar-refractivity contribution in [3.8, 4) is 11.5 Å². The standard InChI is InChI=1S/C32H32Br2N2O4/c1-17-13-23(33)14-18(2)29(17)39-21(5)31(37)35-27-11-7-10-26-25(27)9-8-12-28(26)36-32(38)22(6)40-30-19(3)15-24(34)16-20(30)4/h7-16,21-22H,1-6H3,(H,35,37)(H,36,38). The predicted molar refractivity (Wildman–Crippen MR) is 169 cm³/mol. The third-order valence-corrected chi connectivity index (χ3v) is 7.53. The van der Waals surface area contributed by atoms with Crippen LogP contribution in [-0.2, 0) is 9.59 Å². The number of hydrogen-bond acceptors (Lipinski definition) is 4. The Morgan fingerprint density at radius 1 is 0.625 bits per heavy atom. The summed E-state index contributed by atoms with van der Waals surface area (Å²) in [7, 11) is 0.